The molecule has 2 aromatic heterocycles. The minimum atomic E-state index is -0.232. The van der Waals surface area contributed by atoms with E-state index in [1.165, 1.54) is 12.3 Å². The van der Waals surface area contributed by atoms with Gasteiger partial charge in [0.05, 0.1) is 6.20 Å². The fraction of sp³-hybridized carbons (Fsp3) is 0.308. The molecule has 0 aliphatic carbocycles. The number of nitrogens with one attached hydrogen (secondary N) is 2. The van der Waals surface area contributed by atoms with Gasteiger partial charge in [-0.15, -0.1) is 0 Å². The Hall–Kier alpha value is -2.21. The summed E-state index contributed by atoms with van der Waals surface area (Å²) in [6.45, 7) is 2.20. The molecule has 0 fully saturated rings. The third-order valence-electron chi connectivity index (χ3n) is 2.53. The van der Waals surface area contributed by atoms with Crippen LogP contribution >= 0.6 is 0 Å². The van der Waals surface area contributed by atoms with Crippen LogP contribution in [-0.2, 0) is 6.54 Å². The fourth-order valence-corrected chi connectivity index (χ4v) is 1.57. The summed E-state index contributed by atoms with van der Waals surface area (Å²) in [7, 11) is 0. The standard InChI is InChI=1S/C13H16N4O2/c18-13(12-4-8-17-19-12)16-7-2-6-15-10-11-3-1-5-14-9-11/h1,3-5,8-9,15H,2,6-7,10H2,(H,16,18). The van der Waals surface area contributed by atoms with E-state index in [0.717, 1.165) is 25.1 Å². The Bertz CT molecular complexity index is 485. The van der Waals surface area contributed by atoms with E-state index < -0.39 is 0 Å². The molecule has 6 heteroatoms. The molecular weight excluding hydrogens is 244 g/mol. The second kappa shape index (κ2) is 7.27. The molecule has 0 unspecified atom stereocenters. The second-order valence-electron chi connectivity index (χ2n) is 4.02. The first-order valence-electron chi connectivity index (χ1n) is 6.15. The molecule has 0 aromatic carbocycles. The summed E-state index contributed by atoms with van der Waals surface area (Å²) in [6.07, 6.45) is 5.88. The van der Waals surface area contributed by atoms with Gasteiger partial charge in [0.2, 0.25) is 5.76 Å². The summed E-state index contributed by atoms with van der Waals surface area (Å²) in [6, 6.07) is 5.47. The molecular formula is C13H16N4O2. The second-order valence-corrected chi connectivity index (χ2v) is 4.02. The number of pyridine rings is 1. The van der Waals surface area contributed by atoms with Crippen LogP contribution in [-0.4, -0.2) is 29.1 Å². The quantitative estimate of drug-likeness (QED) is 0.725. The minimum Gasteiger partial charge on any atom is -0.351 e. The number of rotatable bonds is 7. The third-order valence-corrected chi connectivity index (χ3v) is 2.53. The van der Waals surface area contributed by atoms with Crippen molar-refractivity contribution >= 4 is 5.91 Å². The Labute approximate surface area is 111 Å². The normalized spacial score (nSPS) is 10.3. The zero-order valence-electron chi connectivity index (χ0n) is 10.5. The SMILES string of the molecule is O=C(NCCCNCc1cccnc1)c1ccno1. The van der Waals surface area contributed by atoms with Gasteiger partial charge in [-0.2, -0.15) is 0 Å². The maximum absolute atomic E-state index is 11.5. The van der Waals surface area contributed by atoms with Crippen molar-refractivity contribution in [1.29, 1.82) is 0 Å². The van der Waals surface area contributed by atoms with Crippen molar-refractivity contribution in [3.8, 4) is 0 Å². The first-order chi connectivity index (χ1) is 9.36. The number of aromatic nitrogens is 2. The lowest BCUT2D eigenvalue weighted by atomic mass is 10.3. The van der Waals surface area contributed by atoms with Crippen LogP contribution in [0.25, 0.3) is 0 Å². The average Bonchev–Trinajstić information content (AvgIpc) is 2.98. The van der Waals surface area contributed by atoms with Crippen molar-refractivity contribution in [2.75, 3.05) is 13.1 Å². The molecule has 0 spiro atoms. The van der Waals surface area contributed by atoms with Crippen LogP contribution in [0.15, 0.2) is 41.3 Å². The van der Waals surface area contributed by atoms with Gasteiger partial charge in [-0.25, -0.2) is 0 Å². The summed E-state index contributed by atoms with van der Waals surface area (Å²) in [5, 5.41) is 9.52. The monoisotopic (exact) mass is 260 g/mol. The molecule has 1 amide bonds. The predicted molar refractivity (Wildman–Crippen MR) is 69.4 cm³/mol. The topological polar surface area (TPSA) is 80.0 Å². The van der Waals surface area contributed by atoms with Crippen LogP contribution in [0.3, 0.4) is 0 Å². The van der Waals surface area contributed by atoms with Gasteiger partial charge < -0.3 is 15.2 Å². The molecule has 0 atom stereocenters. The highest BCUT2D eigenvalue weighted by Gasteiger charge is 2.07. The van der Waals surface area contributed by atoms with E-state index in [9.17, 15) is 4.79 Å². The number of hydrogen-bond acceptors (Lipinski definition) is 5. The van der Waals surface area contributed by atoms with E-state index in [0.29, 0.717) is 6.54 Å². The molecule has 6 nitrogen and oxygen atoms in total. The highest BCUT2D eigenvalue weighted by Crippen LogP contribution is 1.96. The van der Waals surface area contributed by atoms with Crippen molar-refractivity contribution in [3.63, 3.8) is 0 Å². The lowest BCUT2D eigenvalue weighted by Gasteiger charge is -2.05. The first kappa shape index (κ1) is 13.2. The smallest absolute Gasteiger partial charge is 0.289 e. The van der Waals surface area contributed by atoms with E-state index in [4.69, 9.17) is 4.52 Å². The maximum atomic E-state index is 11.5. The first-order valence-corrected chi connectivity index (χ1v) is 6.15. The van der Waals surface area contributed by atoms with E-state index in [1.54, 1.807) is 6.20 Å². The Morgan fingerprint density at radius 1 is 1.26 bits per heavy atom. The number of carbonyl (C=O) groups is 1. The average molecular weight is 260 g/mol. The van der Waals surface area contributed by atoms with Crippen molar-refractivity contribution in [3.05, 3.63) is 48.1 Å². The maximum Gasteiger partial charge on any atom is 0.289 e. The molecule has 0 bridgehead atoms. The highest BCUT2D eigenvalue weighted by molar-refractivity contribution is 5.91. The summed E-state index contributed by atoms with van der Waals surface area (Å²) in [5.74, 6) is 0.00748. The molecule has 2 N–H and O–H groups in total. The van der Waals surface area contributed by atoms with Gasteiger partial charge in [-0.3, -0.25) is 9.78 Å². The van der Waals surface area contributed by atoms with Crippen LogP contribution in [0.1, 0.15) is 22.5 Å². The largest absolute Gasteiger partial charge is 0.351 e. The Kier molecular flexibility index (Phi) is 5.06. The van der Waals surface area contributed by atoms with Crippen LogP contribution in [0.2, 0.25) is 0 Å². The summed E-state index contributed by atoms with van der Waals surface area (Å²) < 4.78 is 4.75. The molecule has 19 heavy (non-hydrogen) atoms. The van der Waals surface area contributed by atoms with Crippen molar-refractivity contribution in [2.45, 2.75) is 13.0 Å². The molecule has 2 rings (SSSR count). The van der Waals surface area contributed by atoms with Gasteiger partial charge in [0.25, 0.3) is 5.91 Å². The number of carbonyl (C=O) groups excluding carboxylic acids is 1. The van der Waals surface area contributed by atoms with Gasteiger partial charge in [-0.1, -0.05) is 11.2 Å². The minimum absolute atomic E-state index is 0.232. The Balaban J connectivity index is 1.54. The molecule has 0 radical (unpaired) electrons. The molecule has 0 saturated carbocycles. The Morgan fingerprint density at radius 2 is 2.21 bits per heavy atom. The van der Waals surface area contributed by atoms with Crippen LogP contribution in [0.5, 0.6) is 0 Å². The summed E-state index contributed by atoms with van der Waals surface area (Å²) in [5.41, 5.74) is 1.15. The van der Waals surface area contributed by atoms with Crippen molar-refractivity contribution in [2.24, 2.45) is 0 Å². The number of nitrogens with zero attached hydrogens (tertiary/aromatic N) is 2. The molecule has 0 aliphatic rings. The highest BCUT2D eigenvalue weighted by atomic mass is 16.5. The summed E-state index contributed by atoms with van der Waals surface area (Å²) >= 11 is 0. The molecule has 0 saturated heterocycles. The van der Waals surface area contributed by atoms with Crippen LogP contribution in [0.4, 0.5) is 0 Å². The van der Waals surface area contributed by atoms with E-state index >= 15 is 0 Å². The van der Waals surface area contributed by atoms with E-state index in [1.807, 2.05) is 18.3 Å². The Morgan fingerprint density at radius 3 is 2.95 bits per heavy atom. The molecule has 2 heterocycles. The molecule has 2 aromatic rings. The van der Waals surface area contributed by atoms with Gasteiger partial charge >= 0.3 is 0 Å². The molecule has 100 valence electrons. The lowest BCUT2D eigenvalue weighted by Crippen LogP contribution is -2.27. The van der Waals surface area contributed by atoms with Crippen LogP contribution < -0.4 is 10.6 Å². The van der Waals surface area contributed by atoms with Crippen molar-refractivity contribution in [1.82, 2.24) is 20.8 Å². The van der Waals surface area contributed by atoms with Gasteiger partial charge in [0, 0.05) is 31.5 Å². The van der Waals surface area contributed by atoms with Gasteiger partial charge in [-0.05, 0) is 24.6 Å². The fourth-order valence-electron chi connectivity index (χ4n) is 1.57. The van der Waals surface area contributed by atoms with E-state index in [2.05, 4.69) is 20.8 Å². The van der Waals surface area contributed by atoms with Crippen molar-refractivity contribution < 1.29 is 9.32 Å². The van der Waals surface area contributed by atoms with Crippen LogP contribution in [0, 0.1) is 0 Å². The predicted octanol–water partition coefficient (Wildman–Crippen LogP) is 0.979. The van der Waals surface area contributed by atoms with Gasteiger partial charge in [0.15, 0.2) is 0 Å². The number of hydrogen-bond donors (Lipinski definition) is 2. The third kappa shape index (κ3) is 4.51. The zero-order valence-corrected chi connectivity index (χ0v) is 10.5. The van der Waals surface area contributed by atoms with E-state index in [-0.39, 0.29) is 11.7 Å². The number of amides is 1. The summed E-state index contributed by atoms with van der Waals surface area (Å²) in [4.78, 5) is 15.5. The zero-order chi connectivity index (χ0) is 13.3. The van der Waals surface area contributed by atoms with Gasteiger partial charge in [0.1, 0.15) is 0 Å². The molecule has 0 aliphatic heterocycles. The lowest BCUT2D eigenvalue weighted by molar-refractivity contribution is 0.0916.